The lowest BCUT2D eigenvalue weighted by molar-refractivity contribution is 0.194. The number of hydrogen-bond acceptors (Lipinski definition) is 4. The Hall–Kier alpha value is -2.60. The molecule has 5 nitrogen and oxygen atoms in total. The monoisotopic (exact) mass is 394 g/mol. The van der Waals surface area contributed by atoms with Crippen LogP contribution in [0.1, 0.15) is 18.1 Å². The SMILES string of the molecule is CCc1cccc2sc(N3CCN(C(=O)NCCc4ccccc4)CC3)nc12. The van der Waals surface area contributed by atoms with E-state index in [0.29, 0.717) is 6.54 Å². The summed E-state index contributed by atoms with van der Waals surface area (Å²) in [4.78, 5) is 21.5. The number of para-hydroxylation sites is 1. The number of fused-ring (bicyclic) bond motifs is 1. The van der Waals surface area contributed by atoms with E-state index in [1.165, 1.54) is 15.8 Å². The quantitative estimate of drug-likeness (QED) is 0.713. The average Bonchev–Trinajstić information content (AvgIpc) is 3.19. The molecule has 0 radical (unpaired) electrons. The fraction of sp³-hybridized carbons (Fsp3) is 0.364. The first kappa shape index (κ1) is 18.7. The first-order valence-corrected chi connectivity index (χ1v) is 10.8. The molecule has 0 bridgehead atoms. The van der Waals surface area contributed by atoms with Crippen LogP contribution in [0.25, 0.3) is 10.2 Å². The van der Waals surface area contributed by atoms with Crippen molar-refractivity contribution < 1.29 is 4.79 Å². The number of benzene rings is 2. The summed E-state index contributed by atoms with van der Waals surface area (Å²) in [5.74, 6) is 0. The number of aryl methyl sites for hydroxylation is 1. The second kappa shape index (κ2) is 8.61. The smallest absolute Gasteiger partial charge is 0.317 e. The van der Waals surface area contributed by atoms with Crippen molar-refractivity contribution in [3.8, 4) is 0 Å². The van der Waals surface area contributed by atoms with E-state index in [1.807, 2.05) is 23.1 Å². The van der Waals surface area contributed by atoms with Gasteiger partial charge in [0.05, 0.1) is 10.2 Å². The standard InChI is InChI=1S/C22H26N4OS/c1-2-18-9-6-10-19-20(18)24-22(28-19)26-15-13-25(14-16-26)21(27)23-12-11-17-7-4-3-5-8-17/h3-10H,2,11-16H2,1H3,(H,23,27). The van der Waals surface area contributed by atoms with Gasteiger partial charge in [0.1, 0.15) is 0 Å². The van der Waals surface area contributed by atoms with Gasteiger partial charge in [0.15, 0.2) is 5.13 Å². The molecule has 6 heteroatoms. The molecule has 146 valence electrons. The number of rotatable bonds is 5. The summed E-state index contributed by atoms with van der Waals surface area (Å²) in [6, 6.07) is 16.7. The number of piperazine rings is 1. The second-order valence-corrected chi connectivity index (χ2v) is 8.06. The Kier molecular flexibility index (Phi) is 5.76. The number of thiazole rings is 1. The Morgan fingerprint density at radius 1 is 1.07 bits per heavy atom. The van der Waals surface area contributed by atoms with Gasteiger partial charge >= 0.3 is 6.03 Å². The minimum atomic E-state index is 0.0353. The van der Waals surface area contributed by atoms with Gasteiger partial charge in [0.2, 0.25) is 0 Å². The predicted octanol–water partition coefficient (Wildman–Crippen LogP) is 3.93. The van der Waals surface area contributed by atoms with E-state index in [1.54, 1.807) is 11.3 Å². The Balaban J connectivity index is 1.30. The third-order valence-electron chi connectivity index (χ3n) is 5.24. The summed E-state index contributed by atoms with van der Waals surface area (Å²) in [6.07, 6.45) is 1.86. The Morgan fingerprint density at radius 2 is 1.86 bits per heavy atom. The van der Waals surface area contributed by atoms with E-state index in [0.717, 1.165) is 49.7 Å². The third kappa shape index (κ3) is 4.12. The molecule has 1 N–H and O–H groups in total. The van der Waals surface area contributed by atoms with Crippen LogP contribution >= 0.6 is 11.3 Å². The summed E-state index contributed by atoms with van der Waals surface area (Å²) in [5, 5.41) is 4.12. The molecule has 1 aliphatic heterocycles. The van der Waals surface area contributed by atoms with E-state index < -0.39 is 0 Å². The van der Waals surface area contributed by atoms with Gasteiger partial charge in [-0.25, -0.2) is 9.78 Å². The summed E-state index contributed by atoms with van der Waals surface area (Å²) in [5.41, 5.74) is 3.68. The van der Waals surface area contributed by atoms with E-state index in [2.05, 4.69) is 47.5 Å². The molecule has 2 heterocycles. The molecule has 0 spiro atoms. The normalized spacial score (nSPS) is 14.5. The molecule has 1 aliphatic rings. The highest BCUT2D eigenvalue weighted by Crippen LogP contribution is 2.31. The lowest BCUT2D eigenvalue weighted by atomic mass is 10.1. The van der Waals surface area contributed by atoms with Crippen LogP contribution in [0.3, 0.4) is 0 Å². The highest BCUT2D eigenvalue weighted by Gasteiger charge is 2.23. The van der Waals surface area contributed by atoms with Gasteiger partial charge in [-0.3, -0.25) is 0 Å². The molecule has 1 fully saturated rings. The largest absolute Gasteiger partial charge is 0.345 e. The average molecular weight is 395 g/mol. The number of urea groups is 1. The Labute approximate surface area is 170 Å². The van der Waals surface area contributed by atoms with Gasteiger partial charge in [0.25, 0.3) is 0 Å². The summed E-state index contributed by atoms with van der Waals surface area (Å²) >= 11 is 1.75. The number of carbonyl (C=O) groups excluding carboxylic acids is 1. The molecular formula is C22H26N4OS. The van der Waals surface area contributed by atoms with Crippen LogP contribution in [0.15, 0.2) is 48.5 Å². The van der Waals surface area contributed by atoms with Crippen molar-refractivity contribution in [1.82, 2.24) is 15.2 Å². The topological polar surface area (TPSA) is 48.5 Å². The van der Waals surface area contributed by atoms with Crippen LogP contribution in [-0.2, 0) is 12.8 Å². The summed E-state index contributed by atoms with van der Waals surface area (Å²) in [7, 11) is 0. The second-order valence-electron chi connectivity index (χ2n) is 7.06. The van der Waals surface area contributed by atoms with Crippen molar-refractivity contribution in [2.45, 2.75) is 19.8 Å². The Bertz CT molecular complexity index is 932. The molecule has 0 atom stereocenters. The number of carbonyl (C=O) groups is 1. The lowest BCUT2D eigenvalue weighted by Gasteiger charge is -2.34. The van der Waals surface area contributed by atoms with Crippen LogP contribution < -0.4 is 10.2 Å². The molecule has 1 aromatic heterocycles. The van der Waals surface area contributed by atoms with Crippen molar-refractivity contribution in [3.05, 3.63) is 59.7 Å². The highest BCUT2D eigenvalue weighted by atomic mass is 32.1. The molecule has 3 aromatic rings. The number of nitrogens with zero attached hydrogens (tertiary/aromatic N) is 3. The maximum absolute atomic E-state index is 12.4. The van der Waals surface area contributed by atoms with Crippen molar-refractivity contribution in [3.63, 3.8) is 0 Å². The minimum absolute atomic E-state index is 0.0353. The molecular weight excluding hydrogens is 368 g/mol. The van der Waals surface area contributed by atoms with Crippen LogP contribution in [0.2, 0.25) is 0 Å². The molecule has 2 amide bonds. The molecule has 0 aliphatic carbocycles. The van der Waals surface area contributed by atoms with Crippen molar-refractivity contribution in [2.75, 3.05) is 37.6 Å². The summed E-state index contributed by atoms with van der Waals surface area (Å²) < 4.78 is 1.25. The molecule has 0 unspecified atom stereocenters. The number of nitrogens with one attached hydrogen (secondary N) is 1. The maximum atomic E-state index is 12.4. The fourth-order valence-electron chi connectivity index (χ4n) is 3.59. The van der Waals surface area contributed by atoms with Crippen LogP contribution in [0.5, 0.6) is 0 Å². The van der Waals surface area contributed by atoms with Crippen LogP contribution in [0.4, 0.5) is 9.93 Å². The van der Waals surface area contributed by atoms with Gasteiger partial charge in [-0.2, -0.15) is 0 Å². The number of hydrogen-bond donors (Lipinski definition) is 1. The first-order valence-electron chi connectivity index (χ1n) is 9.94. The molecule has 28 heavy (non-hydrogen) atoms. The van der Waals surface area contributed by atoms with Crippen LogP contribution in [0, 0.1) is 0 Å². The van der Waals surface area contributed by atoms with Gasteiger partial charge in [0, 0.05) is 32.7 Å². The van der Waals surface area contributed by atoms with Gasteiger partial charge < -0.3 is 15.1 Å². The maximum Gasteiger partial charge on any atom is 0.317 e. The van der Waals surface area contributed by atoms with E-state index in [4.69, 9.17) is 4.98 Å². The van der Waals surface area contributed by atoms with E-state index >= 15 is 0 Å². The van der Waals surface area contributed by atoms with Gasteiger partial charge in [-0.15, -0.1) is 0 Å². The zero-order chi connectivity index (χ0) is 19.3. The lowest BCUT2D eigenvalue weighted by Crippen LogP contribution is -2.52. The number of anilines is 1. The van der Waals surface area contributed by atoms with Crippen LogP contribution in [-0.4, -0.2) is 48.6 Å². The molecule has 4 rings (SSSR count). The van der Waals surface area contributed by atoms with Crippen molar-refractivity contribution in [1.29, 1.82) is 0 Å². The van der Waals surface area contributed by atoms with Gasteiger partial charge in [-0.1, -0.05) is 60.7 Å². The van der Waals surface area contributed by atoms with Crippen molar-refractivity contribution >= 4 is 32.7 Å². The molecule has 1 saturated heterocycles. The first-order chi connectivity index (χ1) is 13.7. The van der Waals surface area contributed by atoms with Crippen molar-refractivity contribution in [2.24, 2.45) is 0 Å². The zero-order valence-electron chi connectivity index (χ0n) is 16.2. The fourth-order valence-corrected chi connectivity index (χ4v) is 4.65. The Morgan fingerprint density at radius 3 is 2.61 bits per heavy atom. The van der Waals surface area contributed by atoms with Gasteiger partial charge in [-0.05, 0) is 30.0 Å². The molecule has 0 saturated carbocycles. The molecule has 2 aromatic carbocycles. The zero-order valence-corrected chi connectivity index (χ0v) is 17.0. The highest BCUT2D eigenvalue weighted by molar-refractivity contribution is 7.22. The minimum Gasteiger partial charge on any atom is -0.345 e. The number of amides is 2. The van der Waals surface area contributed by atoms with E-state index in [-0.39, 0.29) is 6.03 Å². The third-order valence-corrected chi connectivity index (χ3v) is 6.32. The predicted molar refractivity (Wildman–Crippen MR) is 116 cm³/mol. The van der Waals surface area contributed by atoms with E-state index in [9.17, 15) is 4.79 Å². The number of aromatic nitrogens is 1. The summed E-state index contributed by atoms with van der Waals surface area (Å²) in [6.45, 7) is 5.95.